The fourth-order valence-electron chi connectivity index (χ4n) is 7.81. The molecule has 2 atom stereocenters. The van der Waals surface area contributed by atoms with Gasteiger partial charge in [0.2, 0.25) is 0 Å². The number of carbonyl (C=O) groups excluding carboxylic acids is 3. The van der Waals surface area contributed by atoms with Crippen molar-refractivity contribution in [1.82, 2.24) is 20.6 Å². The van der Waals surface area contributed by atoms with Gasteiger partial charge in [-0.25, -0.2) is 14.8 Å². The zero-order valence-electron chi connectivity index (χ0n) is 40.7. The molecule has 6 aromatic carbocycles. The van der Waals surface area contributed by atoms with E-state index >= 15 is 0 Å². The number of hydrogen-bond donors (Lipinski definition) is 3. The van der Waals surface area contributed by atoms with Crippen LogP contribution in [0.1, 0.15) is 46.1 Å². The summed E-state index contributed by atoms with van der Waals surface area (Å²) < 4.78 is 9.84. The van der Waals surface area contributed by atoms with Crippen LogP contribution in [0.2, 0.25) is 40.2 Å². The van der Waals surface area contributed by atoms with Crippen molar-refractivity contribution in [3.05, 3.63) is 196 Å². The molecule has 3 N–H and O–H groups in total. The van der Waals surface area contributed by atoms with Gasteiger partial charge in [0.15, 0.2) is 17.4 Å². The number of hydrogen-bond acceptors (Lipinski definition) is 8. The van der Waals surface area contributed by atoms with E-state index in [1.807, 2.05) is 60.7 Å². The van der Waals surface area contributed by atoms with E-state index in [1.165, 1.54) is 20.0 Å². The van der Waals surface area contributed by atoms with Crippen LogP contribution in [0.3, 0.4) is 0 Å². The number of aliphatic hydroxyl groups excluding tert-OH is 1. The van der Waals surface area contributed by atoms with Crippen molar-refractivity contribution in [2.24, 2.45) is 0 Å². The van der Waals surface area contributed by atoms with E-state index in [1.54, 1.807) is 72.8 Å². The Morgan fingerprint density at radius 1 is 0.573 bits per heavy atom. The maximum Gasteiger partial charge on any atom is 1.00 e. The molecule has 1 fully saturated rings. The van der Waals surface area contributed by atoms with Crippen LogP contribution in [-0.2, 0) is 27.1 Å². The Balaban J connectivity index is 0.000000290. The van der Waals surface area contributed by atoms with Crippen molar-refractivity contribution in [1.29, 1.82) is 0 Å². The van der Waals surface area contributed by atoms with Crippen LogP contribution < -0.4 is 29.5 Å². The Kier molecular flexibility index (Phi) is 24.4. The topological polar surface area (TPSA) is 140 Å². The minimum atomic E-state index is -0.952. The predicted molar refractivity (Wildman–Crippen MR) is 307 cm³/mol. The van der Waals surface area contributed by atoms with E-state index in [0.29, 0.717) is 49.0 Å². The largest absolute Gasteiger partial charge is 1.00 e. The van der Waals surface area contributed by atoms with Gasteiger partial charge in [-0.2, -0.15) is 0 Å². The minimum absolute atomic E-state index is 0. The average molecular weight is 1180 g/mol. The molecule has 8 aromatic rings. The molecule has 9 rings (SSSR count). The molecule has 0 radical (unpaired) electrons. The molecular weight excluding hydrogens is 1130 g/mol. The fraction of sp³-hybridized carbons (Fsp3) is 0.182. The standard InChI is InChI=1S/C26H18Cl4N2O3.C25H18Cl4N2O2.C4H8O.Al.Li.4H/c1-35-26(34)22(32-25(33)24-18(29)6-3-7-19(24)30)13-14-8-10-20-15(12-14)9-11-21(31-20)23-16(27)4-2-5-17(23)28;26-17-3-1-4-18(27)23(17)22-10-8-15-11-14(7-9-21(15)31-22)12-16(13-32)30-25(33)24-19(28)5-2-6-20(24)29;1-2-4-5-3-1;;;;;;/h2-12,22H,13H2,1H3,(H,32,33);1-11,16,32H,12-13H2,(H,30,33);1-4H2;;;;;;/q;;;;+1;;;;-1. The first kappa shape index (κ1) is 61.8. The maximum atomic E-state index is 12.8. The third kappa shape index (κ3) is 16.2. The van der Waals surface area contributed by atoms with Gasteiger partial charge in [0, 0.05) is 41.5 Å². The van der Waals surface area contributed by atoms with Crippen molar-refractivity contribution < 1.29 is 49.3 Å². The second-order valence-corrected chi connectivity index (χ2v) is 19.7. The van der Waals surface area contributed by atoms with Crippen LogP contribution in [0.4, 0.5) is 0 Å². The smallest absolute Gasteiger partial charge is 1.00 e. The molecule has 0 aliphatic carbocycles. The number of nitrogens with zero attached hydrogens (tertiary/aromatic N) is 2. The number of pyridine rings is 2. The van der Waals surface area contributed by atoms with Gasteiger partial charge in [-0.3, -0.25) is 9.59 Å². The number of rotatable bonds is 12. The molecule has 2 amide bonds. The van der Waals surface area contributed by atoms with E-state index in [4.69, 9.17) is 107 Å². The summed E-state index contributed by atoms with van der Waals surface area (Å²) in [4.78, 5) is 47.3. The first-order chi connectivity index (χ1) is 35.1. The monoisotopic (exact) mass is 1170 g/mol. The van der Waals surface area contributed by atoms with Gasteiger partial charge in [-0.15, -0.1) is 0 Å². The summed E-state index contributed by atoms with van der Waals surface area (Å²) in [5.41, 5.74) is 6.19. The molecule has 1 aliphatic rings. The molecule has 1 aliphatic heterocycles. The summed E-state index contributed by atoms with van der Waals surface area (Å²) in [6.07, 6.45) is 3.16. The Labute approximate surface area is 498 Å². The van der Waals surface area contributed by atoms with E-state index < -0.39 is 29.9 Å². The molecule has 2 unspecified atom stereocenters. The summed E-state index contributed by atoms with van der Waals surface area (Å²) in [5.74, 6) is -1.60. The number of amides is 2. The van der Waals surface area contributed by atoms with Gasteiger partial charge < -0.3 is 26.6 Å². The summed E-state index contributed by atoms with van der Waals surface area (Å²) >= 11 is 49.8. The Hall–Kier alpha value is -4.08. The molecule has 0 bridgehead atoms. The first-order valence-corrected chi connectivity index (χ1v) is 25.6. The number of nitrogens with one attached hydrogen (secondary N) is 2. The number of fused-ring (bicyclic) bond motifs is 2. The molecule has 75 heavy (non-hydrogen) atoms. The maximum absolute atomic E-state index is 12.8. The van der Waals surface area contributed by atoms with Crippen molar-refractivity contribution in [3.8, 4) is 22.5 Å². The van der Waals surface area contributed by atoms with Gasteiger partial charge in [0.1, 0.15) is 6.04 Å². The average Bonchev–Trinajstić information content (AvgIpc) is 3.97. The van der Waals surface area contributed by atoms with E-state index in [0.717, 1.165) is 46.1 Å². The van der Waals surface area contributed by atoms with Crippen LogP contribution in [0.25, 0.3) is 44.3 Å². The molecular formula is C55H48AlCl8LiN4O6. The van der Waals surface area contributed by atoms with Gasteiger partial charge >= 0.3 is 24.8 Å². The second kappa shape index (κ2) is 29.6. The second-order valence-electron chi connectivity index (χ2n) is 16.5. The predicted octanol–water partition coefficient (Wildman–Crippen LogP) is 10.6. The van der Waals surface area contributed by atoms with Crippen molar-refractivity contribution in [2.75, 3.05) is 26.9 Å². The summed E-state index contributed by atoms with van der Waals surface area (Å²) in [6.45, 7) is 1.76. The van der Waals surface area contributed by atoms with Crippen LogP contribution in [0.5, 0.6) is 0 Å². The van der Waals surface area contributed by atoms with Gasteiger partial charge in [-0.05, 0) is 115 Å². The number of esters is 1. The molecule has 1 saturated heterocycles. The molecule has 3 heterocycles. The van der Waals surface area contributed by atoms with E-state index in [2.05, 4.69) is 15.6 Å². The quantitative estimate of drug-likeness (QED) is 0.0812. The van der Waals surface area contributed by atoms with Crippen LogP contribution in [0.15, 0.2) is 133 Å². The van der Waals surface area contributed by atoms with Crippen molar-refractivity contribution in [3.63, 3.8) is 0 Å². The normalized spacial score (nSPS) is 12.4. The number of aliphatic hydroxyl groups is 1. The van der Waals surface area contributed by atoms with Gasteiger partial charge in [-0.1, -0.05) is 141 Å². The van der Waals surface area contributed by atoms with Gasteiger partial charge in [0.25, 0.3) is 11.8 Å². The number of methoxy groups -OCH3 is 1. The summed E-state index contributed by atoms with van der Waals surface area (Å²) in [6, 6.07) is 37.6. The zero-order valence-corrected chi connectivity index (χ0v) is 45.8. The van der Waals surface area contributed by atoms with Crippen LogP contribution >= 0.6 is 92.8 Å². The number of benzene rings is 6. The Morgan fingerprint density at radius 3 is 1.33 bits per heavy atom. The number of aromatic nitrogens is 2. The minimum Gasteiger partial charge on any atom is -1.00 e. The third-order valence-electron chi connectivity index (χ3n) is 11.4. The van der Waals surface area contributed by atoms with E-state index in [9.17, 15) is 19.5 Å². The summed E-state index contributed by atoms with van der Waals surface area (Å²) in [7, 11) is 1.26. The number of carbonyl (C=O) groups is 3. The Bertz CT molecular complexity index is 3240. The molecule has 20 heteroatoms. The summed E-state index contributed by atoms with van der Waals surface area (Å²) in [5, 5.41) is 20.0. The fourth-order valence-corrected chi connectivity index (χ4v) is 10.1. The molecule has 384 valence electrons. The van der Waals surface area contributed by atoms with Crippen molar-refractivity contribution >= 4 is 150 Å². The molecule has 0 saturated carbocycles. The first-order valence-electron chi connectivity index (χ1n) is 22.6. The molecule has 10 nitrogen and oxygen atoms in total. The molecule has 0 spiro atoms. The Morgan fingerprint density at radius 2 is 0.960 bits per heavy atom. The number of halogens is 8. The van der Waals surface area contributed by atoms with E-state index in [-0.39, 0.29) is 81.9 Å². The molecule has 2 aromatic heterocycles. The third-order valence-corrected chi connectivity index (χ3v) is 13.9. The SMILES string of the molecule is C1CCOC1.COC(=O)C(Cc1ccc2nc(-c3c(Cl)cccc3Cl)ccc2c1)NC(=O)c1c(Cl)cccc1Cl.O=C(NC(CO)Cc1ccc2nc(-c3c(Cl)cccc3Cl)ccc2c1)c1c(Cl)cccc1Cl.[AlH3].[H-].[Li+]. The van der Waals surface area contributed by atoms with Gasteiger partial charge in [0.05, 0.1) is 93.5 Å². The number of ether oxygens (including phenoxy) is 2. The van der Waals surface area contributed by atoms with Crippen LogP contribution in [-0.4, -0.2) is 89.2 Å². The zero-order chi connectivity index (χ0) is 52.2. The van der Waals surface area contributed by atoms with Crippen LogP contribution in [0, 0.1) is 0 Å². The van der Waals surface area contributed by atoms with Crippen molar-refractivity contribution in [2.45, 2.75) is 37.8 Å².